The van der Waals surface area contributed by atoms with Gasteiger partial charge in [-0.1, -0.05) is 12.5 Å². The molecule has 1 N–H and O–H groups in total. The molecule has 0 saturated heterocycles. The highest BCUT2D eigenvalue weighted by molar-refractivity contribution is 6.11. The molecule has 0 fully saturated rings. The summed E-state index contributed by atoms with van der Waals surface area (Å²) in [5.74, 6) is 1.66. The average Bonchev–Trinajstić information content (AvgIpc) is 2.45. The van der Waals surface area contributed by atoms with Crippen LogP contribution in [0.4, 0.5) is 11.4 Å². The molecule has 3 rings (SSSR count). The second kappa shape index (κ2) is 5.37. The summed E-state index contributed by atoms with van der Waals surface area (Å²) in [5.41, 5.74) is 4.17. The van der Waals surface area contributed by atoms with Gasteiger partial charge in [-0.05, 0) is 37.8 Å². The highest BCUT2D eigenvalue weighted by Gasteiger charge is 2.24. The van der Waals surface area contributed by atoms with Gasteiger partial charge in [0.25, 0.3) is 0 Å². The van der Waals surface area contributed by atoms with Crippen molar-refractivity contribution < 1.29 is 4.74 Å². The second-order valence-electron chi connectivity index (χ2n) is 5.60. The van der Waals surface area contributed by atoms with E-state index in [0.717, 1.165) is 35.1 Å². The maximum absolute atomic E-state index is 6.07. The van der Waals surface area contributed by atoms with Crippen LogP contribution in [0.15, 0.2) is 46.7 Å². The van der Waals surface area contributed by atoms with Crippen molar-refractivity contribution in [3.63, 3.8) is 0 Å². The van der Waals surface area contributed by atoms with Crippen LogP contribution in [-0.2, 0) is 0 Å². The lowest BCUT2D eigenvalue weighted by molar-refractivity contribution is 0.443. The molecule has 1 aliphatic carbocycles. The Balaban J connectivity index is 1.99. The van der Waals surface area contributed by atoms with Gasteiger partial charge in [-0.15, -0.1) is 0 Å². The van der Waals surface area contributed by atoms with Crippen molar-refractivity contribution in [2.75, 3.05) is 25.5 Å². The molecule has 4 heteroatoms. The Morgan fingerprint density at radius 1 is 1.33 bits per heavy atom. The molecule has 1 aromatic rings. The summed E-state index contributed by atoms with van der Waals surface area (Å²) in [7, 11) is 4.04. The Morgan fingerprint density at radius 2 is 2.14 bits per heavy atom. The summed E-state index contributed by atoms with van der Waals surface area (Å²) in [5, 5.41) is 3.43. The van der Waals surface area contributed by atoms with Gasteiger partial charge < -0.3 is 15.0 Å². The van der Waals surface area contributed by atoms with Crippen LogP contribution in [0.1, 0.15) is 13.8 Å². The Bertz CT molecular complexity index is 656. The standard InChI is InChI=1S/C17H21N3O/c1-5-18-14-10-17-15(8-11(14)2)19-13-7-6-12(20(3)4)9-16(13)21-17/h6-10,14,18H,5H2,1-4H3. The fourth-order valence-electron chi connectivity index (χ4n) is 2.56. The molecular weight excluding hydrogens is 262 g/mol. The number of benzene rings is 1. The minimum Gasteiger partial charge on any atom is -0.453 e. The number of anilines is 1. The molecule has 0 bridgehead atoms. The summed E-state index contributed by atoms with van der Waals surface area (Å²) >= 11 is 0. The first-order valence-electron chi connectivity index (χ1n) is 7.30. The number of fused-ring (bicyclic) bond motifs is 2. The van der Waals surface area contributed by atoms with Gasteiger partial charge in [-0.2, -0.15) is 0 Å². The molecule has 4 nitrogen and oxygen atoms in total. The van der Waals surface area contributed by atoms with Crippen molar-refractivity contribution in [3.8, 4) is 5.75 Å². The van der Waals surface area contributed by atoms with E-state index in [4.69, 9.17) is 9.73 Å². The van der Waals surface area contributed by atoms with E-state index in [1.165, 1.54) is 5.57 Å². The maximum Gasteiger partial charge on any atom is 0.155 e. The summed E-state index contributed by atoms with van der Waals surface area (Å²) in [6.45, 7) is 5.15. The molecule has 0 aromatic heterocycles. The van der Waals surface area contributed by atoms with E-state index in [1.54, 1.807) is 0 Å². The normalized spacial score (nSPS) is 19.6. The molecule has 0 amide bonds. The third-order valence-corrected chi connectivity index (χ3v) is 3.77. The van der Waals surface area contributed by atoms with Gasteiger partial charge in [-0.3, -0.25) is 0 Å². The zero-order chi connectivity index (χ0) is 15.0. The van der Waals surface area contributed by atoms with Gasteiger partial charge in [0.1, 0.15) is 11.4 Å². The average molecular weight is 283 g/mol. The van der Waals surface area contributed by atoms with Crippen molar-refractivity contribution in [3.05, 3.63) is 41.7 Å². The molecule has 110 valence electrons. The van der Waals surface area contributed by atoms with Crippen LogP contribution in [0.2, 0.25) is 0 Å². The maximum atomic E-state index is 6.07. The van der Waals surface area contributed by atoms with Crippen LogP contribution in [0.3, 0.4) is 0 Å². The topological polar surface area (TPSA) is 36.9 Å². The number of rotatable bonds is 3. The third kappa shape index (κ3) is 2.59. The lowest BCUT2D eigenvalue weighted by Gasteiger charge is -2.26. The third-order valence-electron chi connectivity index (χ3n) is 3.77. The fourth-order valence-corrected chi connectivity index (χ4v) is 2.56. The number of nitrogens with zero attached hydrogens (tertiary/aromatic N) is 2. The molecular formula is C17H21N3O. The monoisotopic (exact) mass is 283 g/mol. The summed E-state index contributed by atoms with van der Waals surface area (Å²) < 4.78 is 6.07. The number of hydrogen-bond acceptors (Lipinski definition) is 4. The Hall–Kier alpha value is -2.07. The number of aliphatic imine (C=N–C) groups is 1. The van der Waals surface area contributed by atoms with Crippen LogP contribution < -0.4 is 15.0 Å². The van der Waals surface area contributed by atoms with E-state index in [-0.39, 0.29) is 6.04 Å². The molecule has 1 aromatic carbocycles. The molecule has 1 heterocycles. The minimum absolute atomic E-state index is 0.225. The highest BCUT2D eigenvalue weighted by atomic mass is 16.5. The summed E-state index contributed by atoms with van der Waals surface area (Å²) in [6.07, 6.45) is 4.22. The van der Waals surface area contributed by atoms with Crippen molar-refractivity contribution in [1.82, 2.24) is 5.32 Å². The predicted molar refractivity (Wildman–Crippen MR) is 87.8 cm³/mol. The van der Waals surface area contributed by atoms with Crippen LogP contribution in [0.25, 0.3) is 0 Å². The quantitative estimate of drug-likeness (QED) is 0.926. The van der Waals surface area contributed by atoms with Crippen molar-refractivity contribution >= 4 is 17.1 Å². The van der Waals surface area contributed by atoms with Gasteiger partial charge in [0, 0.05) is 25.8 Å². The lowest BCUT2D eigenvalue weighted by Crippen LogP contribution is -2.32. The van der Waals surface area contributed by atoms with Gasteiger partial charge in [0.05, 0.1) is 6.04 Å². The molecule has 1 unspecified atom stereocenters. The molecule has 0 spiro atoms. The predicted octanol–water partition coefficient (Wildman–Crippen LogP) is 3.04. The summed E-state index contributed by atoms with van der Waals surface area (Å²) in [4.78, 5) is 6.77. The fraction of sp³-hybridized carbons (Fsp3) is 0.353. The number of ether oxygens (including phenoxy) is 1. The highest BCUT2D eigenvalue weighted by Crippen LogP contribution is 2.38. The largest absolute Gasteiger partial charge is 0.453 e. The smallest absolute Gasteiger partial charge is 0.155 e. The van der Waals surface area contributed by atoms with Gasteiger partial charge in [0.15, 0.2) is 11.5 Å². The van der Waals surface area contributed by atoms with Crippen LogP contribution >= 0.6 is 0 Å². The van der Waals surface area contributed by atoms with Crippen LogP contribution in [-0.4, -0.2) is 32.4 Å². The first kappa shape index (κ1) is 13.9. The van der Waals surface area contributed by atoms with Gasteiger partial charge in [-0.25, -0.2) is 4.99 Å². The molecule has 0 radical (unpaired) electrons. The van der Waals surface area contributed by atoms with Crippen molar-refractivity contribution in [1.29, 1.82) is 0 Å². The van der Waals surface area contributed by atoms with E-state index in [0.29, 0.717) is 0 Å². The Morgan fingerprint density at radius 3 is 2.86 bits per heavy atom. The zero-order valence-electron chi connectivity index (χ0n) is 13.0. The van der Waals surface area contributed by atoms with Crippen LogP contribution in [0.5, 0.6) is 5.75 Å². The second-order valence-corrected chi connectivity index (χ2v) is 5.60. The molecule has 1 aliphatic heterocycles. The first-order valence-corrected chi connectivity index (χ1v) is 7.30. The van der Waals surface area contributed by atoms with Gasteiger partial charge >= 0.3 is 0 Å². The number of allylic oxidation sites excluding steroid dienone is 1. The number of nitrogens with one attached hydrogen (secondary N) is 1. The van der Waals surface area contributed by atoms with E-state index in [2.05, 4.69) is 42.3 Å². The number of likely N-dealkylation sites (N-methyl/N-ethyl adjacent to an activating group) is 1. The molecule has 2 aliphatic rings. The number of hydrogen-bond donors (Lipinski definition) is 1. The minimum atomic E-state index is 0.225. The van der Waals surface area contributed by atoms with E-state index in [9.17, 15) is 0 Å². The van der Waals surface area contributed by atoms with Gasteiger partial charge in [0.2, 0.25) is 0 Å². The summed E-state index contributed by atoms with van der Waals surface area (Å²) in [6, 6.07) is 6.32. The lowest BCUT2D eigenvalue weighted by atomic mass is 9.98. The zero-order valence-corrected chi connectivity index (χ0v) is 13.0. The van der Waals surface area contributed by atoms with Crippen LogP contribution in [0, 0.1) is 0 Å². The van der Waals surface area contributed by atoms with Crippen molar-refractivity contribution in [2.45, 2.75) is 19.9 Å². The van der Waals surface area contributed by atoms with E-state index in [1.807, 2.05) is 26.2 Å². The Labute approximate surface area is 125 Å². The van der Waals surface area contributed by atoms with Crippen molar-refractivity contribution in [2.24, 2.45) is 4.99 Å². The van der Waals surface area contributed by atoms with E-state index >= 15 is 0 Å². The molecule has 21 heavy (non-hydrogen) atoms. The SMILES string of the molecule is CCNC1C=C2Oc3cc(N(C)C)ccc3N=C2C=C1C. The molecule has 1 atom stereocenters. The Kier molecular flexibility index (Phi) is 3.55. The first-order chi connectivity index (χ1) is 10.1. The van der Waals surface area contributed by atoms with E-state index < -0.39 is 0 Å². The molecule has 0 saturated carbocycles.